The minimum atomic E-state index is -3.66. The van der Waals surface area contributed by atoms with Crippen molar-refractivity contribution >= 4 is 67.8 Å². The molecular weight excluding hydrogens is 551 g/mol. The third-order valence-electron chi connectivity index (χ3n) is 5.73. The van der Waals surface area contributed by atoms with Crippen LogP contribution in [0.25, 0.3) is 0 Å². The molecule has 0 bridgehead atoms. The molecule has 1 aromatic carbocycles. The van der Waals surface area contributed by atoms with Crippen LogP contribution in [-0.4, -0.2) is 72.2 Å². The molecule has 202 valence electrons. The Labute approximate surface area is 231 Å². The summed E-state index contributed by atoms with van der Waals surface area (Å²) in [5, 5.41) is 11.9. The van der Waals surface area contributed by atoms with E-state index in [2.05, 4.69) is 41.1 Å². The first kappa shape index (κ1) is 28.0. The Morgan fingerprint density at radius 3 is 2.58 bits per heavy atom. The van der Waals surface area contributed by atoms with Crippen LogP contribution < -0.4 is 21.3 Å². The molecule has 2 aromatic heterocycles. The van der Waals surface area contributed by atoms with Gasteiger partial charge in [0.1, 0.15) is 5.02 Å². The molecule has 0 aliphatic carbocycles. The number of rotatable bonds is 9. The molecule has 11 nitrogen and oxygen atoms in total. The van der Waals surface area contributed by atoms with Crippen LogP contribution in [0, 0.1) is 0 Å². The van der Waals surface area contributed by atoms with Crippen LogP contribution in [0.4, 0.5) is 28.8 Å². The zero-order chi connectivity index (χ0) is 27.3. The fourth-order valence-corrected chi connectivity index (χ4v) is 5.05. The predicted octanol–water partition coefficient (Wildman–Crippen LogP) is 3.69. The number of hydrogen-bond donors (Lipinski definition) is 4. The van der Waals surface area contributed by atoms with Crippen LogP contribution in [0.15, 0.2) is 47.8 Å². The number of sulfone groups is 1. The van der Waals surface area contributed by atoms with E-state index < -0.39 is 15.1 Å². The first-order chi connectivity index (χ1) is 18.1. The molecule has 1 aliphatic rings. The molecule has 1 fully saturated rings. The highest BCUT2D eigenvalue weighted by Crippen LogP contribution is 2.31. The minimum absolute atomic E-state index is 0.105. The summed E-state index contributed by atoms with van der Waals surface area (Å²) in [5.41, 5.74) is 1.26. The highest BCUT2D eigenvalue weighted by molar-refractivity contribution is 7.92. The molecule has 1 aliphatic heterocycles. The van der Waals surface area contributed by atoms with Crippen molar-refractivity contribution in [3.63, 3.8) is 0 Å². The SMILES string of the molecule is CC(C)S(=O)(=O)c1ncccc1Nc1nc(Nc2cc(NC(=O)CN3CCNCC3)ccc2Cl)ncc1Cl. The van der Waals surface area contributed by atoms with Crippen molar-refractivity contribution in [3.05, 3.63) is 52.8 Å². The second-order valence-corrected chi connectivity index (χ2v) is 12.1. The number of pyridine rings is 1. The largest absolute Gasteiger partial charge is 0.336 e. The Morgan fingerprint density at radius 2 is 1.84 bits per heavy atom. The highest BCUT2D eigenvalue weighted by Gasteiger charge is 2.25. The van der Waals surface area contributed by atoms with E-state index >= 15 is 0 Å². The van der Waals surface area contributed by atoms with Gasteiger partial charge in [-0.2, -0.15) is 4.98 Å². The number of carbonyl (C=O) groups excluding carboxylic acids is 1. The van der Waals surface area contributed by atoms with Gasteiger partial charge in [-0.15, -0.1) is 0 Å². The topological polar surface area (TPSA) is 141 Å². The average molecular weight is 580 g/mol. The van der Waals surface area contributed by atoms with Crippen molar-refractivity contribution in [2.24, 2.45) is 0 Å². The molecule has 4 rings (SSSR count). The summed E-state index contributed by atoms with van der Waals surface area (Å²) in [7, 11) is -3.66. The van der Waals surface area contributed by atoms with Crippen molar-refractivity contribution in [3.8, 4) is 0 Å². The highest BCUT2D eigenvalue weighted by atomic mass is 35.5. The molecule has 0 radical (unpaired) electrons. The number of amides is 1. The first-order valence-corrected chi connectivity index (χ1v) is 14.2. The maximum atomic E-state index is 12.8. The van der Waals surface area contributed by atoms with E-state index in [9.17, 15) is 13.2 Å². The molecule has 3 heterocycles. The van der Waals surface area contributed by atoms with E-state index in [-0.39, 0.29) is 33.4 Å². The molecule has 0 spiro atoms. The smallest absolute Gasteiger partial charge is 0.238 e. The first-order valence-electron chi connectivity index (χ1n) is 11.9. The number of carbonyl (C=O) groups is 1. The number of anilines is 5. The second kappa shape index (κ2) is 12.2. The Balaban J connectivity index is 1.51. The third-order valence-corrected chi connectivity index (χ3v) is 8.44. The zero-order valence-corrected chi connectivity index (χ0v) is 23.2. The minimum Gasteiger partial charge on any atom is -0.336 e. The lowest BCUT2D eigenvalue weighted by Gasteiger charge is -2.26. The number of aromatic nitrogens is 3. The molecule has 14 heteroatoms. The van der Waals surface area contributed by atoms with E-state index in [0.29, 0.717) is 22.9 Å². The van der Waals surface area contributed by atoms with Gasteiger partial charge in [0.2, 0.25) is 11.9 Å². The van der Waals surface area contributed by atoms with Gasteiger partial charge in [-0.05, 0) is 44.2 Å². The van der Waals surface area contributed by atoms with Gasteiger partial charge in [-0.25, -0.2) is 18.4 Å². The maximum Gasteiger partial charge on any atom is 0.238 e. The maximum absolute atomic E-state index is 12.8. The fourth-order valence-electron chi connectivity index (χ4n) is 3.67. The van der Waals surface area contributed by atoms with Crippen molar-refractivity contribution in [1.82, 2.24) is 25.2 Å². The standard InChI is InChI=1S/C24H28Cl2N8O3S/c1-15(2)38(36,37)23-19(4-3-7-28-23)31-22-18(26)13-29-24(33-22)32-20-12-16(5-6-17(20)25)30-21(35)14-34-10-8-27-9-11-34/h3-7,12-13,15,27H,8-11,14H2,1-2H3,(H,30,35)(H2,29,31,32,33). The number of nitrogens with zero attached hydrogens (tertiary/aromatic N) is 4. The summed E-state index contributed by atoms with van der Waals surface area (Å²) in [5.74, 6) is 0.201. The van der Waals surface area contributed by atoms with Crippen molar-refractivity contribution in [2.75, 3.05) is 48.7 Å². The van der Waals surface area contributed by atoms with Gasteiger partial charge in [0.15, 0.2) is 20.7 Å². The molecule has 3 aromatic rings. The summed E-state index contributed by atoms with van der Waals surface area (Å²) in [6.45, 7) is 6.80. The normalized spacial score (nSPS) is 14.3. The summed E-state index contributed by atoms with van der Waals surface area (Å²) in [6.07, 6.45) is 2.78. The van der Waals surface area contributed by atoms with Crippen LogP contribution in [0.1, 0.15) is 13.8 Å². The van der Waals surface area contributed by atoms with E-state index in [1.807, 2.05) is 0 Å². The zero-order valence-electron chi connectivity index (χ0n) is 20.8. The van der Waals surface area contributed by atoms with Crippen LogP contribution in [0.5, 0.6) is 0 Å². The van der Waals surface area contributed by atoms with Crippen LogP contribution >= 0.6 is 23.2 Å². The fraction of sp³-hybridized carbons (Fsp3) is 0.333. The Hall–Kier alpha value is -3.03. The lowest BCUT2D eigenvalue weighted by Crippen LogP contribution is -2.46. The quantitative estimate of drug-likeness (QED) is 0.297. The summed E-state index contributed by atoms with van der Waals surface area (Å²) >= 11 is 12.7. The Bertz CT molecular complexity index is 1420. The second-order valence-electron chi connectivity index (χ2n) is 8.86. The molecule has 0 unspecified atom stereocenters. The van der Waals surface area contributed by atoms with Crippen LogP contribution in [-0.2, 0) is 14.6 Å². The van der Waals surface area contributed by atoms with Crippen molar-refractivity contribution in [2.45, 2.75) is 24.1 Å². The van der Waals surface area contributed by atoms with Gasteiger partial charge in [0.05, 0.1) is 34.4 Å². The molecule has 0 saturated carbocycles. The third kappa shape index (κ3) is 6.88. The molecule has 0 atom stereocenters. The van der Waals surface area contributed by atoms with Crippen LogP contribution in [0.2, 0.25) is 10.0 Å². The molecule has 4 N–H and O–H groups in total. The molecular formula is C24H28Cl2N8O3S. The van der Waals surface area contributed by atoms with Crippen LogP contribution in [0.3, 0.4) is 0 Å². The summed E-state index contributed by atoms with van der Waals surface area (Å²) < 4.78 is 25.5. The summed E-state index contributed by atoms with van der Waals surface area (Å²) in [4.78, 5) is 27.2. The lowest BCUT2D eigenvalue weighted by molar-refractivity contribution is -0.117. The van der Waals surface area contributed by atoms with Crippen molar-refractivity contribution in [1.29, 1.82) is 0 Å². The van der Waals surface area contributed by atoms with Gasteiger partial charge in [-0.3, -0.25) is 9.69 Å². The Morgan fingerprint density at radius 1 is 1.08 bits per heavy atom. The number of nitrogens with one attached hydrogen (secondary N) is 4. The monoisotopic (exact) mass is 578 g/mol. The van der Waals surface area contributed by atoms with E-state index in [1.165, 1.54) is 12.4 Å². The van der Waals surface area contributed by atoms with Gasteiger partial charge in [-0.1, -0.05) is 23.2 Å². The molecule has 1 saturated heterocycles. The summed E-state index contributed by atoms with van der Waals surface area (Å²) in [6, 6.07) is 8.22. The van der Waals surface area contributed by atoms with E-state index in [1.54, 1.807) is 44.2 Å². The van der Waals surface area contributed by atoms with Crippen molar-refractivity contribution < 1.29 is 13.2 Å². The number of halogens is 2. The van der Waals surface area contributed by atoms with E-state index in [4.69, 9.17) is 23.2 Å². The van der Waals surface area contributed by atoms with Gasteiger partial charge < -0.3 is 21.3 Å². The van der Waals surface area contributed by atoms with Gasteiger partial charge >= 0.3 is 0 Å². The van der Waals surface area contributed by atoms with E-state index in [0.717, 1.165) is 26.2 Å². The number of benzene rings is 1. The molecule has 38 heavy (non-hydrogen) atoms. The van der Waals surface area contributed by atoms with Gasteiger partial charge in [0.25, 0.3) is 0 Å². The predicted molar refractivity (Wildman–Crippen MR) is 150 cm³/mol. The average Bonchev–Trinajstić information content (AvgIpc) is 2.88. The number of hydrogen-bond acceptors (Lipinski definition) is 10. The van der Waals surface area contributed by atoms with Gasteiger partial charge in [0, 0.05) is 38.1 Å². The Kier molecular flexibility index (Phi) is 9.00. The lowest BCUT2D eigenvalue weighted by atomic mass is 10.2. The molecule has 1 amide bonds. The number of piperazine rings is 1.